The van der Waals surface area contributed by atoms with Crippen molar-refractivity contribution in [2.45, 2.75) is 0 Å². The highest BCUT2D eigenvalue weighted by Crippen LogP contribution is 2.22. The first kappa shape index (κ1) is 20.9. The van der Waals surface area contributed by atoms with Crippen LogP contribution in [0.4, 0.5) is 5.69 Å². The molecule has 0 aliphatic heterocycles. The van der Waals surface area contributed by atoms with E-state index in [9.17, 15) is 9.59 Å². The largest absolute Gasteiger partial charge is 0.378 e. The maximum absolute atomic E-state index is 13.3. The van der Waals surface area contributed by atoms with E-state index in [-0.39, 0.29) is 5.78 Å². The average molecular weight is 422 g/mol. The fraction of sp³-hybridized carbons (Fsp3) is 0.0769. The molecular weight excluding hydrogens is 400 g/mol. The van der Waals surface area contributed by atoms with Crippen LogP contribution >= 0.6 is 0 Å². The molecule has 6 heteroatoms. The van der Waals surface area contributed by atoms with Gasteiger partial charge in [0, 0.05) is 37.1 Å². The van der Waals surface area contributed by atoms with E-state index in [1.807, 2.05) is 79.7 Å². The molecule has 0 amide bonds. The summed E-state index contributed by atoms with van der Waals surface area (Å²) in [7, 11) is 3.93. The molecule has 1 heterocycles. The molecule has 0 spiro atoms. The monoisotopic (exact) mass is 422 g/mol. The molecule has 4 rings (SSSR count). The molecule has 0 N–H and O–H groups in total. The highest BCUT2D eigenvalue weighted by Gasteiger charge is 2.18. The first-order valence-corrected chi connectivity index (χ1v) is 10.1. The Labute approximate surface area is 186 Å². The Kier molecular flexibility index (Phi) is 6.03. The molecule has 0 radical (unpaired) electrons. The van der Waals surface area contributed by atoms with Gasteiger partial charge in [0.15, 0.2) is 5.78 Å². The topological polar surface area (TPSA) is 67.6 Å². The van der Waals surface area contributed by atoms with E-state index in [1.165, 1.54) is 6.20 Å². The molecule has 0 saturated heterocycles. The van der Waals surface area contributed by atoms with Gasteiger partial charge in [-0.15, -0.1) is 0 Å². The van der Waals surface area contributed by atoms with Crippen LogP contribution in [-0.2, 0) is 0 Å². The molecule has 4 aromatic rings. The third kappa shape index (κ3) is 4.54. The van der Waals surface area contributed by atoms with Gasteiger partial charge in [0.05, 0.1) is 17.5 Å². The molecule has 6 nitrogen and oxygen atoms in total. The number of hydrogen-bond acceptors (Lipinski definition) is 5. The number of nitrogens with zero attached hydrogens (tertiary/aromatic N) is 4. The van der Waals surface area contributed by atoms with Crippen LogP contribution in [-0.4, -0.2) is 35.8 Å². The van der Waals surface area contributed by atoms with Crippen LogP contribution in [0, 0.1) is 0 Å². The fourth-order valence-corrected chi connectivity index (χ4v) is 3.24. The molecular formula is C26H22N4O2. The summed E-state index contributed by atoms with van der Waals surface area (Å²) < 4.78 is 1.10. The zero-order valence-corrected chi connectivity index (χ0v) is 17.8. The maximum atomic E-state index is 13.3. The lowest BCUT2D eigenvalue weighted by Crippen LogP contribution is -2.23. The minimum absolute atomic E-state index is 0.226. The highest BCUT2D eigenvalue weighted by atomic mass is 16.2. The minimum Gasteiger partial charge on any atom is -0.378 e. The Bertz CT molecular complexity index is 1310. The number of anilines is 1. The third-order valence-corrected chi connectivity index (χ3v) is 4.98. The maximum Gasteiger partial charge on any atom is 0.368 e. The van der Waals surface area contributed by atoms with Gasteiger partial charge in [0.2, 0.25) is 0 Å². The van der Waals surface area contributed by atoms with Crippen LogP contribution in [0.25, 0.3) is 11.3 Å². The smallest absolute Gasteiger partial charge is 0.368 e. The van der Waals surface area contributed by atoms with Gasteiger partial charge >= 0.3 is 5.69 Å². The van der Waals surface area contributed by atoms with E-state index in [1.54, 1.807) is 30.5 Å². The van der Waals surface area contributed by atoms with E-state index < -0.39 is 5.69 Å². The van der Waals surface area contributed by atoms with E-state index >= 15 is 0 Å². The predicted octanol–water partition coefficient (Wildman–Crippen LogP) is 4.09. The number of carbonyl (C=O) groups is 1. The Morgan fingerprint density at radius 1 is 0.906 bits per heavy atom. The van der Waals surface area contributed by atoms with Crippen molar-refractivity contribution in [1.29, 1.82) is 0 Å². The van der Waals surface area contributed by atoms with Gasteiger partial charge in [-0.25, -0.2) is 4.79 Å². The number of aromatic nitrogens is 2. The average Bonchev–Trinajstić information content (AvgIpc) is 2.84. The van der Waals surface area contributed by atoms with Crippen molar-refractivity contribution in [2.75, 3.05) is 19.0 Å². The molecule has 32 heavy (non-hydrogen) atoms. The van der Waals surface area contributed by atoms with Crippen LogP contribution in [0.2, 0.25) is 0 Å². The van der Waals surface area contributed by atoms with E-state index in [0.29, 0.717) is 22.4 Å². The third-order valence-electron chi connectivity index (χ3n) is 4.98. The number of rotatable bonds is 6. The van der Waals surface area contributed by atoms with Crippen molar-refractivity contribution in [3.8, 4) is 11.3 Å². The summed E-state index contributed by atoms with van der Waals surface area (Å²) in [4.78, 5) is 32.2. The highest BCUT2D eigenvalue weighted by molar-refractivity contribution is 6.12. The zero-order valence-electron chi connectivity index (χ0n) is 17.8. The molecule has 0 aliphatic rings. The van der Waals surface area contributed by atoms with Crippen LogP contribution in [0.5, 0.6) is 0 Å². The minimum atomic E-state index is -0.561. The summed E-state index contributed by atoms with van der Waals surface area (Å²) in [5.41, 5.74) is 3.18. The molecule has 0 fully saturated rings. The number of carbonyl (C=O) groups excluding carboxylic acids is 1. The summed E-state index contributed by atoms with van der Waals surface area (Å²) in [6, 6.07) is 25.9. The van der Waals surface area contributed by atoms with Gasteiger partial charge in [-0.05, 0) is 17.7 Å². The second-order valence-corrected chi connectivity index (χ2v) is 7.42. The van der Waals surface area contributed by atoms with Gasteiger partial charge in [0.25, 0.3) is 0 Å². The summed E-state index contributed by atoms with van der Waals surface area (Å²) >= 11 is 0. The van der Waals surface area contributed by atoms with Gasteiger partial charge in [-0.3, -0.25) is 4.79 Å². The molecule has 1 aromatic heterocycles. The first-order chi connectivity index (χ1) is 15.5. The van der Waals surface area contributed by atoms with Crippen molar-refractivity contribution >= 4 is 17.7 Å². The predicted molar refractivity (Wildman–Crippen MR) is 128 cm³/mol. The molecule has 158 valence electrons. The van der Waals surface area contributed by atoms with Crippen molar-refractivity contribution in [2.24, 2.45) is 5.10 Å². The molecule has 0 unspecified atom stereocenters. The second-order valence-electron chi connectivity index (χ2n) is 7.42. The summed E-state index contributed by atoms with van der Waals surface area (Å²) in [5.74, 6) is -0.226. The Balaban J connectivity index is 1.77. The van der Waals surface area contributed by atoms with Gasteiger partial charge in [-0.2, -0.15) is 14.8 Å². The lowest BCUT2D eigenvalue weighted by Gasteiger charge is -2.11. The number of ketones is 1. The van der Waals surface area contributed by atoms with Crippen LogP contribution < -0.4 is 10.6 Å². The van der Waals surface area contributed by atoms with Gasteiger partial charge in [0.1, 0.15) is 0 Å². The van der Waals surface area contributed by atoms with E-state index in [4.69, 9.17) is 0 Å². The normalized spacial score (nSPS) is 10.9. The molecule has 0 aliphatic carbocycles. The van der Waals surface area contributed by atoms with Crippen molar-refractivity contribution in [3.05, 3.63) is 118 Å². The summed E-state index contributed by atoms with van der Waals surface area (Å²) in [6.07, 6.45) is 3.03. The van der Waals surface area contributed by atoms with Crippen LogP contribution in [0.3, 0.4) is 0 Å². The molecule has 0 atom stereocenters. The van der Waals surface area contributed by atoms with E-state index in [0.717, 1.165) is 15.9 Å². The second kappa shape index (κ2) is 9.22. The molecule has 0 bridgehead atoms. The van der Waals surface area contributed by atoms with E-state index in [2.05, 4.69) is 10.1 Å². The fourth-order valence-electron chi connectivity index (χ4n) is 3.24. The van der Waals surface area contributed by atoms with Crippen molar-refractivity contribution < 1.29 is 4.79 Å². The summed E-state index contributed by atoms with van der Waals surface area (Å²) in [6.45, 7) is 0. The SMILES string of the molecule is CN(C)c1ccc(/C=N/n2cc(C(=O)c3ccccc3)c(-c3ccccc3)nc2=O)cc1. The number of benzene rings is 3. The Morgan fingerprint density at radius 3 is 2.16 bits per heavy atom. The Hall–Kier alpha value is -4.32. The lowest BCUT2D eigenvalue weighted by molar-refractivity contribution is 0.103. The van der Waals surface area contributed by atoms with Crippen molar-refractivity contribution in [1.82, 2.24) is 9.66 Å². The van der Waals surface area contributed by atoms with Crippen molar-refractivity contribution in [3.63, 3.8) is 0 Å². The first-order valence-electron chi connectivity index (χ1n) is 10.1. The quantitative estimate of drug-likeness (QED) is 0.347. The zero-order chi connectivity index (χ0) is 22.5. The number of hydrogen-bond donors (Lipinski definition) is 0. The Morgan fingerprint density at radius 2 is 1.53 bits per heavy atom. The molecule has 0 saturated carbocycles. The van der Waals surface area contributed by atoms with Gasteiger partial charge < -0.3 is 4.90 Å². The van der Waals surface area contributed by atoms with Crippen LogP contribution in [0.1, 0.15) is 21.5 Å². The van der Waals surface area contributed by atoms with Crippen LogP contribution in [0.15, 0.2) is 101 Å². The lowest BCUT2D eigenvalue weighted by atomic mass is 9.99. The molecule has 3 aromatic carbocycles. The summed E-state index contributed by atoms with van der Waals surface area (Å²) in [5, 5.41) is 4.27. The van der Waals surface area contributed by atoms with Gasteiger partial charge in [-0.1, -0.05) is 72.8 Å². The standard InChI is InChI=1S/C26H22N4O2/c1-29(2)22-15-13-19(14-16-22)17-27-30-18-23(25(31)21-11-7-4-8-12-21)24(28-26(30)32)20-9-5-3-6-10-20/h3-18H,1-2H3/b27-17+.